The van der Waals surface area contributed by atoms with Gasteiger partial charge in [-0.15, -0.1) is 0 Å². The quantitative estimate of drug-likeness (QED) is 0.465. The summed E-state index contributed by atoms with van der Waals surface area (Å²) >= 11 is 0. The molecule has 3 rings (SSSR count). The molecule has 0 aromatic heterocycles. The van der Waals surface area contributed by atoms with E-state index in [4.69, 9.17) is 0 Å². The van der Waals surface area contributed by atoms with Crippen LogP contribution < -0.4 is 0 Å². The van der Waals surface area contributed by atoms with Crippen LogP contribution >= 0.6 is 0 Å². The van der Waals surface area contributed by atoms with E-state index in [1.807, 2.05) is 0 Å². The lowest BCUT2D eigenvalue weighted by Crippen LogP contribution is -1.88. The van der Waals surface area contributed by atoms with Gasteiger partial charge in [0.2, 0.25) is 0 Å². The predicted octanol–water partition coefficient (Wildman–Crippen LogP) is 6.90. The van der Waals surface area contributed by atoms with E-state index in [-0.39, 0.29) is 0 Å². The van der Waals surface area contributed by atoms with Gasteiger partial charge in [0.25, 0.3) is 0 Å². The second-order valence-corrected chi connectivity index (χ2v) is 6.67. The molecule has 0 saturated carbocycles. The Bertz CT molecular complexity index is 649. The molecule has 0 atom stereocenters. The SMILES string of the molecule is CCCCCCCCC1=C(c2ccccc2)Cc2ccccc21. The number of benzene rings is 2. The van der Waals surface area contributed by atoms with Crippen molar-refractivity contribution in [1.82, 2.24) is 0 Å². The zero-order valence-corrected chi connectivity index (χ0v) is 14.4. The fraction of sp³-hybridized carbons (Fsp3) is 0.391. The van der Waals surface area contributed by atoms with Gasteiger partial charge < -0.3 is 0 Å². The van der Waals surface area contributed by atoms with E-state index < -0.39 is 0 Å². The van der Waals surface area contributed by atoms with Crippen molar-refractivity contribution in [3.05, 3.63) is 71.3 Å². The molecule has 1 aliphatic rings. The molecule has 2 aromatic carbocycles. The summed E-state index contributed by atoms with van der Waals surface area (Å²) in [5, 5.41) is 0. The Morgan fingerprint density at radius 3 is 2.26 bits per heavy atom. The molecule has 0 unspecified atom stereocenters. The highest BCUT2D eigenvalue weighted by molar-refractivity contribution is 5.97. The second-order valence-electron chi connectivity index (χ2n) is 6.67. The molecule has 1 aliphatic carbocycles. The Morgan fingerprint density at radius 1 is 0.739 bits per heavy atom. The van der Waals surface area contributed by atoms with Crippen molar-refractivity contribution >= 4 is 11.1 Å². The van der Waals surface area contributed by atoms with E-state index in [0.29, 0.717) is 0 Å². The van der Waals surface area contributed by atoms with Gasteiger partial charge in [-0.25, -0.2) is 0 Å². The van der Waals surface area contributed by atoms with Gasteiger partial charge in [-0.05, 0) is 47.1 Å². The van der Waals surface area contributed by atoms with E-state index in [0.717, 1.165) is 6.42 Å². The molecule has 0 N–H and O–H groups in total. The van der Waals surface area contributed by atoms with Crippen molar-refractivity contribution in [2.24, 2.45) is 0 Å². The number of fused-ring (bicyclic) bond motifs is 1. The number of allylic oxidation sites excluding steroid dienone is 2. The maximum atomic E-state index is 2.32. The Labute approximate surface area is 141 Å². The van der Waals surface area contributed by atoms with E-state index in [9.17, 15) is 0 Å². The van der Waals surface area contributed by atoms with Crippen LogP contribution in [0.5, 0.6) is 0 Å². The highest BCUT2D eigenvalue weighted by atomic mass is 14.3. The summed E-state index contributed by atoms with van der Waals surface area (Å²) in [5.41, 5.74) is 7.57. The molecule has 0 saturated heterocycles. The molecule has 2 aromatic rings. The maximum absolute atomic E-state index is 2.32. The Kier molecular flexibility index (Phi) is 5.69. The van der Waals surface area contributed by atoms with Crippen molar-refractivity contribution in [1.29, 1.82) is 0 Å². The fourth-order valence-corrected chi connectivity index (χ4v) is 3.71. The molecule has 0 heterocycles. The molecule has 0 aliphatic heterocycles. The highest BCUT2D eigenvalue weighted by Gasteiger charge is 2.21. The van der Waals surface area contributed by atoms with Crippen LogP contribution in [0.15, 0.2) is 54.6 Å². The van der Waals surface area contributed by atoms with Gasteiger partial charge >= 0.3 is 0 Å². The average Bonchev–Trinajstić information content (AvgIpc) is 2.97. The first kappa shape index (κ1) is 16.1. The molecule has 0 nitrogen and oxygen atoms in total. The maximum Gasteiger partial charge on any atom is -0.00108 e. The van der Waals surface area contributed by atoms with Crippen LogP contribution in [-0.4, -0.2) is 0 Å². The molecular weight excluding hydrogens is 276 g/mol. The summed E-state index contributed by atoms with van der Waals surface area (Å²) in [5.74, 6) is 0. The van der Waals surface area contributed by atoms with E-state index in [1.54, 1.807) is 11.1 Å². The van der Waals surface area contributed by atoms with Gasteiger partial charge in [0.15, 0.2) is 0 Å². The predicted molar refractivity (Wildman–Crippen MR) is 101 cm³/mol. The lowest BCUT2D eigenvalue weighted by molar-refractivity contribution is 0.613. The van der Waals surface area contributed by atoms with Crippen LogP contribution in [-0.2, 0) is 6.42 Å². The largest absolute Gasteiger partial charge is 0.0654 e. The lowest BCUT2D eigenvalue weighted by Gasteiger charge is -2.09. The molecule has 0 amide bonds. The van der Waals surface area contributed by atoms with Crippen LogP contribution in [0, 0.1) is 0 Å². The van der Waals surface area contributed by atoms with Gasteiger partial charge in [-0.1, -0.05) is 93.6 Å². The number of hydrogen-bond donors (Lipinski definition) is 0. The minimum absolute atomic E-state index is 1.10. The second kappa shape index (κ2) is 8.15. The number of hydrogen-bond acceptors (Lipinski definition) is 0. The standard InChI is InChI=1S/C23H28/c1-2-3-4-5-6-10-17-22-21-16-12-11-15-20(21)18-23(22)19-13-8-7-9-14-19/h7-9,11-16H,2-6,10,17-18H2,1H3. The summed E-state index contributed by atoms with van der Waals surface area (Å²) in [7, 11) is 0. The summed E-state index contributed by atoms with van der Waals surface area (Å²) in [6, 6.07) is 19.9. The highest BCUT2D eigenvalue weighted by Crippen LogP contribution is 2.40. The minimum atomic E-state index is 1.10. The van der Waals surface area contributed by atoms with Gasteiger partial charge in [0.05, 0.1) is 0 Å². The van der Waals surface area contributed by atoms with Crippen molar-refractivity contribution in [2.45, 2.75) is 58.3 Å². The topological polar surface area (TPSA) is 0 Å². The summed E-state index contributed by atoms with van der Waals surface area (Å²) in [6.45, 7) is 2.28. The summed E-state index contributed by atoms with van der Waals surface area (Å²) < 4.78 is 0. The van der Waals surface area contributed by atoms with Crippen LogP contribution in [0.25, 0.3) is 11.1 Å². The molecule has 0 bridgehead atoms. The molecule has 0 fully saturated rings. The molecular formula is C23H28. The summed E-state index contributed by atoms with van der Waals surface area (Å²) in [4.78, 5) is 0. The van der Waals surface area contributed by atoms with Crippen LogP contribution in [0.3, 0.4) is 0 Å². The first-order valence-corrected chi connectivity index (χ1v) is 9.26. The first-order chi connectivity index (χ1) is 11.4. The van der Waals surface area contributed by atoms with Crippen molar-refractivity contribution in [2.75, 3.05) is 0 Å². The third-order valence-electron chi connectivity index (χ3n) is 4.98. The smallest absolute Gasteiger partial charge is 0.00108 e. The van der Waals surface area contributed by atoms with Crippen LogP contribution in [0.4, 0.5) is 0 Å². The third-order valence-corrected chi connectivity index (χ3v) is 4.98. The molecule has 23 heavy (non-hydrogen) atoms. The zero-order valence-electron chi connectivity index (χ0n) is 14.4. The zero-order chi connectivity index (χ0) is 15.9. The lowest BCUT2D eigenvalue weighted by atomic mass is 9.95. The third kappa shape index (κ3) is 3.93. The van der Waals surface area contributed by atoms with Crippen LogP contribution in [0.1, 0.15) is 68.6 Å². The molecule has 120 valence electrons. The average molecular weight is 304 g/mol. The van der Waals surface area contributed by atoms with Gasteiger partial charge in [-0.2, -0.15) is 0 Å². The normalized spacial score (nSPS) is 13.4. The van der Waals surface area contributed by atoms with Gasteiger partial charge in [0.1, 0.15) is 0 Å². The van der Waals surface area contributed by atoms with E-state index in [1.165, 1.54) is 61.6 Å². The molecule has 0 heteroatoms. The van der Waals surface area contributed by atoms with Crippen LogP contribution in [0.2, 0.25) is 0 Å². The monoisotopic (exact) mass is 304 g/mol. The van der Waals surface area contributed by atoms with Gasteiger partial charge in [0, 0.05) is 0 Å². The van der Waals surface area contributed by atoms with E-state index in [2.05, 4.69) is 61.5 Å². The fourth-order valence-electron chi connectivity index (χ4n) is 3.71. The Hall–Kier alpha value is -1.82. The Balaban J connectivity index is 1.74. The van der Waals surface area contributed by atoms with Gasteiger partial charge in [-0.3, -0.25) is 0 Å². The van der Waals surface area contributed by atoms with Crippen molar-refractivity contribution < 1.29 is 0 Å². The molecule has 0 radical (unpaired) electrons. The number of unbranched alkanes of at least 4 members (excludes halogenated alkanes) is 5. The van der Waals surface area contributed by atoms with Crippen molar-refractivity contribution in [3.63, 3.8) is 0 Å². The van der Waals surface area contributed by atoms with Crippen molar-refractivity contribution in [3.8, 4) is 0 Å². The molecule has 0 spiro atoms. The van der Waals surface area contributed by atoms with E-state index >= 15 is 0 Å². The Morgan fingerprint density at radius 2 is 1.43 bits per heavy atom. The minimum Gasteiger partial charge on any atom is -0.0654 e. The number of rotatable bonds is 8. The first-order valence-electron chi connectivity index (χ1n) is 9.26. The summed E-state index contributed by atoms with van der Waals surface area (Å²) in [6.07, 6.45) is 10.5.